The molecule has 0 aromatic carbocycles. The molecular weight excluding hydrogens is 360 g/mol. The van der Waals surface area contributed by atoms with Crippen LogP contribution in [0, 0.1) is 0 Å². The highest BCUT2D eigenvalue weighted by Gasteiger charge is 2.25. The van der Waals surface area contributed by atoms with Gasteiger partial charge in [-0.15, -0.1) is 11.8 Å². The maximum absolute atomic E-state index is 11.9. The quantitative estimate of drug-likeness (QED) is 0.737. The zero-order chi connectivity index (χ0) is 18.6. The molecule has 0 radical (unpaired) electrons. The van der Waals surface area contributed by atoms with Crippen molar-refractivity contribution in [2.24, 2.45) is 4.99 Å². The zero-order valence-electron chi connectivity index (χ0n) is 15.1. The molecule has 2 aromatic heterocycles. The van der Waals surface area contributed by atoms with Gasteiger partial charge < -0.3 is 9.15 Å². The molecule has 0 aliphatic carbocycles. The molecule has 4 heterocycles. The highest BCUT2D eigenvalue weighted by molar-refractivity contribution is 8.04. The van der Waals surface area contributed by atoms with E-state index in [1.54, 1.807) is 6.20 Å². The number of furan rings is 1. The molecule has 2 aliphatic rings. The van der Waals surface area contributed by atoms with Crippen LogP contribution >= 0.6 is 11.8 Å². The zero-order valence-corrected chi connectivity index (χ0v) is 15.9. The largest absolute Gasteiger partial charge is 0.465 e. The van der Waals surface area contributed by atoms with Crippen LogP contribution in [0.25, 0.3) is 11.6 Å². The minimum absolute atomic E-state index is 0.290. The normalized spacial score (nSPS) is 18.7. The van der Waals surface area contributed by atoms with Gasteiger partial charge >= 0.3 is 5.97 Å². The highest BCUT2D eigenvalue weighted by atomic mass is 32.2. The molecule has 0 spiro atoms. The minimum Gasteiger partial charge on any atom is -0.465 e. The topological polar surface area (TPSA) is 64.7 Å². The Bertz CT molecular complexity index is 941. The van der Waals surface area contributed by atoms with Gasteiger partial charge in [-0.05, 0) is 55.2 Å². The molecule has 4 rings (SSSR count). The van der Waals surface area contributed by atoms with Crippen molar-refractivity contribution in [1.82, 2.24) is 4.98 Å². The Kier molecular flexibility index (Phi) is 5.25. The summed E-state index contributed by atoms with van der Waals surface area (Å²) in [6.07, 6.45) is 8.44. The van der Waals surface area contributed by atoms with Crippen molar-refractivity contribution in [3.05, 3.63) is 64.2 Å². The lowest BCUT2D eigenvalue weighted by atomic mass is 9.96. The summed E-state index contributed by atoms with van der Waals surface area (Å²) in [7, 11) is 1.41. The van der Waals surface area contributed by atoms with Crippen molar-refractivity contribution >= 4 is 35.1 Å². The van der Waals surface area contributed by atoms with Crippen molar-refractivity contribution in [2.45, 2.75) is 19.3 Å². The fraction of sp³-hybridized carbons (Fsp3) is 0.286. The molecule has 0 N–H and O–H groups in total. The van der Waals surface area contributed by atoms with Gasteiger partial charge in [0.1, 0.15) is 11.5 Å². The number of thioether (sulfide) groups is 1. The molecule has 2 aliphatic heterocycles. The van der Waals surface area contributed by atoms with Gasteiger partial charge in [-0.3, -0.25) is 9.98 Å². The summed E-state index contributed by atoms with van der Waals surface area (Å²) in [5.74, 6) is 2.09. The van der Waals surface area contributed by atoms with Gasteiger partial charge in [0, 0.05) is 35.8 Å². The number of allylic oxidation sites excluding steroid dienone is 2. The lowest BCUT2D eigenvalue weighted by molar-refractivity contribution is -0.135. The number of ether oxygens (including phenoxy) is 1. The number of hydrogen-bond donors (Lipinski definition) is 0. The number of pyridine rings is 1. The van der Waals surface area contributed by atoms with Crippen molar-refractivity contribution in [3.63, 3.8) is 0 Å². The van der Waals surface area contributed by atoms with Gasteiger partial charge in [0.25, 0.3) is 0 Å². The molecule has 0 saturated carbocycles. The van der Waals surface area contributed by atoms with Crippen LogP contribution in [0.1, 0.15) is 36.3 Å². The second-order valence-corrected chi connectivity index (χ2v) is 7.45. The van der Waals surface area contributed by atoms with Gasteiger partial charge in [0.05, 0.1) is 17.7 Å². The van der Waals surface area contributed by atoms with Crippen molar-refractivity contribution in [3.8, 4) is 0 Å². The summed E-state index contributed by atoms with van der Waals surface area (Å²) in [6.45, 7) is 0.831. The average molecular weight is 380 g/mol. The Morgan fingerprint density at radius 2 is 2.22 bits per heavy atom. The van der Waals surface area contributed by atoms with Crippen LogP contribution < -0.4 is 0 Å². The fourth-order valence-electron chi connectivity index (χ4n) is 3.33. The van der Waals surface area contributed by atoms with Crippen LogP contribution in [0.15, 0.2) is 56.5 Å². The average Bonchev–Trinajstić information content (AvgIpc) is 3.38. The third-order valence-electron chi connectivity index (χ3n) is 4.60. The monoisotopic (exact) mass is 380 g/mol. The molecule has 0 bridgehead atoms. The van der Waals surface area contributed by atoms with E-state index in [4.69, 9.17) is 14.1 Å². The Morgan fingerprint density at radius 3 is 3.04 bits per heavy atom. The number of aromatic nitrogens is 1. The molecule has 0 unspecified atom stereocenters. The van der Waals surface area contributed by atoms with Crippen molar-refractivity contribution < 1.29 is 13.9 Å². The third kappa shape index (κ3) is 3.76. The Balaban J connectivity index is 1.64. The Labute approximate surface area is 162 Å². The predicted octanol–water partition coefficient (Wildman–Crippen LogP) is 4.36. The maximum atomic E-state index is 11.9. The first-order valence-electron chi connectivity index (χ1n) is 8.96. The van der Waals surface area contributed by atoms with E-state index in [1.807, 2.05) is 30.5 Å². The van der Waals surface area contributed by atoms with Gasteiger partial charge in [-0.1, -0.05) is 0 Å². The van der Waals surface area contributed by atoms with Crippen LogP contribution in [0.3, 0.4) is 0 Å². The number of carbonyl (C=O) groups excluding carboxylic acids is 1. The number of rotatable bonds is 4. The first-order valence-corrected chi connectivity index (χ1v) is 9.95. The van der Waals surface area contributed by atoms with Gasteiger partial charge in [-0.25, -0.2) is 4.79 Å². The van der Waals surface area contributed by atoms with E-state index in [9.17, 15) is 4.79 Å². The SMILES string of the molecule is COC(=O)C1=C(c2ccc(/C=C3\CCCN=C3c3cccnc3)o2)CCS1. The van der Waals surface area contributed by atoms with E-state index in [0.717, 1.165) is 65.5 Å². The molecule has 0 saturated heterocycles. The van der Waals surface area contributed by atoms with Crippen LogP contribution in [0.4, 0.5) is 0 Å². The van der Waals surface area contributed by atoms with Crippen LogP contribution in [-0.4, -0.2) is 36.1 Å². The van der Waals surface area contributed by atoms with E-state index in [2.05, 4.69) is 11.1 Å². The predicted molar refractivity (Wildman–Crippen MR) is 108 cm³/mol. The lowest BCUT2D eigenvalue weighted by Crippen LogP contribution is -2.11. The molecule has 2 aromatic rings. The molecule has 0 fully saturated rings. The van der Waals surface area contributed by atoms with Gasteiger partial charge in [0.15, 0.2) is 0 Å². The number of esters is 1. The summed E-state index contributed by atoms with van der Waals surface area (Å²) in [4.78, 5) is 21.5. The van der Waals surface area contributed by atoms with Gasteiger partial charge in [-0.2, -0.15) is 0 Å². The van der Waals surface area contributed by atoms with Crippen LogP contribution in [0.2, 0.25) is 0 Å². The first kappa shape index (κ1) is 17.8. The fourth-order valence-corrected chi connectivity index (χ4v) is 4.42. The number of carbonyl (C=O) groups is 1. The number of hydrogen-bond acceptors (Lipinski definition) is 6. The Hall–Kier alpha value is -2.60. The summed E-state index contributed by atoms with van der Waals surface area (Å²) in [5, 5.41) is 0. The minimum atomic E-state index is -0.290. The van der Waals surface area contributed by atoms with Crippen molar-refractivity contribution in [1.29, 1.82) is 0 Å². The van der Waals surface area contributed by atoms with E-state index < -0.39 is 0 Å². The van der Waals surface area contributed by atoms with Crippen LogP contribution in [-0.2, 0) is 9.53 Å². The van der Waals surface area contributed by atoms with Crippen LogP contribution in [0.5, 0.6) is 0 Å². The summed E-state index contributed by atoms with van der Waals surface area (Å²) in [6, 6.07) is 7.83. The number of aliphatic imine (C=N–C) groups is 1. The van der Waals surface area contributed by atoms with Gasteiger partial charge in [0.2, 0.25) is 0 Å². The molecule has 27 heavy (non-hydrogen) atoms. The van der Waals surface area contributed by atoms with E-state index in [-0.39, 0.29) is 5.97 Å². The van der Waals surface area contributed by atoms with Crippen molar-refractivity contribution in [2.75, 3.05) is 19.4 Å². The van der Waals surface area contributed by atoms with E-state index in [1.165, 1.54) is 18.9 Å². The Morgan fingerprint density at radius 1 is 1.30 bits per heavy atom. The standard InChI is InChI=1S/C21H20N2O3S/c1-25-21(24)20-17(8-11-27-20)18-7-6-16(26-18)12-14-4-3-10-23-19(14)15-5-2-9-22-13-15/h2,5-7,9,12-13H,3-4,8,10-11H2,1H3/b14-12+. The summed E-state index contributed by atoms with van der Waals surface area (Å²) in [5.41, 5.74) is 4.09. The first-order chi connectivity index (χ1) is 13.3. The molecule has 5 nitrogen and oxygen atoms in total. The second kappa shape index (κ2) is 7.96. The molecule has 0 amide bonds. The molecular formula is C21H20N2O3S. The third-order valence-corrected chi connectivity index (χ3v) is 5.71. The maximum Gasteiger partial charge on any atom is 0.344 e. The summed E-state index contributed by atoms with van der Waals surface area (Å²) >= 11 is 1.52. The summed E-state index contributed by atoms with van der Waals surface area (Å²) < 4.78 is 10.9. The van der Waals surface area contributed by atoms with E-state index >= 15 is 0 Å². The molecule has 6 heteroatoms. The number of methoxy groups -OCH3 is 1. The second-order valence-electron chi connectivity index (χ2n) is 6.34. The van der Waals surface area contributed by atoms with E-state index in [0.29, 0.717) is 4.91 Å². The number of nitrogens with zero attached hydrogens (tertiary/aromatic N) is 2. The smallest absolute Gasteiger partial charge is 0.344 e. The molecule has 0 atom stereocenters. The highest BCUT2D eigenvalue weighted by Crippen LogP contribution is 2.39. The molecule has 138 valence electrons. The lowest BCUT2D eigenvalue weighted by Gasteiger charge is -2.15.